The van der Waals surface area contributed by atoms with Gasteiger partial charge in [0, 0.05) is 5.56 Å². The normalized spacial score (nSPS) is 11.7. The number of nitrogens with two attached hydrogens (primary N) is 1. The Balaban J connectivity index is 2.27. The molecule has 0 saturated heterocycles. The molecule has 0 heterocycles. The lowest BCUT2D eigenvalue weighted by Crippen LogP contribution is -2.37. The highest BCUT2D eigenvalue weighted by Crippen LogP contribution is 2.22. The van der Waals surface area contributed by atoms with Gasteiger partial charge in [0.15, 0.2) is 0 Å². The smallest absolute Gasteiger partial charge is 0.279 e. The molecule has 1 atom stereocenters. The second kappa shape index (κ2) is 6.02. The molecule has 0 aromatic heterocycles. The van der Waals surface area contributed by atoms with Crippen LogP contribution in [-0.2, 0) is 4.79 Å². The molecule has 0 aliphatic rings. The number of carbonyl (C=O) groups excluding carboxylic acids is 1. The first kappa shape index (κ1) is 13.1. The van der Waals surface area contributed by atoms with Crippen molar-refractivity contribution < 1.29 is 9.53 Å². The zero-order valence-corrected chi connectivity index (χ0v) is 10.7. The number of nitrogens with one attached hydrogen (secondary N) is 1. The molecule has 4 nitrogen and oxygen atoms in total. The highest BCUT2D eigenvalue weighted by molar-refractivity contribution is 5.82. The molecule has 0 radical (unpaired) electrons. The minimum atomic E-state index is -0.756. The van der Waals surface area contributed by atoms with Crippen molar-refractivity contribution in [3.8, 4) is 5.75 Å². The Bertz CT molecular complexity index is 555. The Kier molecular flexibility index (Phi) is 4.15. The Labute approximate surface area is 112 Å². The van der Waals surface area contributed by atoms with E-state index in [-0.39, 0.29) is 5.91 Å². The number of carbonyl (C=O) groups is 1. The van der Waals surface area contributed by atoms with Crippen molar-refractivity contribution >= 4 is 5.91 Å². The van der Waals surface area contributed by atoms with Crippen LogP contribution in [0.25, 0.3) is 0 Å². The molecule has 4 heteroatoms. The summed E-state index contributed by atoms with van der Waals surface area (Å²) in [5.74, 6) is 5.47. The Hall–Kier alpha value is -2.33. The maximum absolute atomic E-state index is 11.8. The molecular formula is C15H16N2O2. The first-order chi connectivity index (χ1) is 9.20. The molecule has 0 aliphatic carbocycles. The highest BCUT2D eigenvalue weighted by Gasteiger charge is 2.21. The van der Waals surface area contributed by atoms with Gasteiger partial charge in [0.25, 0.3) is 5.91 Å². The van der Waals surface area contributed by atoms with E-state index in [2.05, 4.69) is 5.43 Å². The van der Waals surface area contributed by atoms with Crippen LogP contribution in [0.3, 0.4) is 0 Å². The average molecular weight is 256 g/mol. The number of amides is 1. The lowest BCUT2D eigenvalue weighted by molar-refractivity contribution is -0.128. The number of hydrazine groups is 1. The van der Waals surface area contributed by atoms with Crippen LogP contribution in [0, 0.1) is 6.92 Å². The van der Waals surface area contributed by atoms with E-state index in [1.165, 1.54) is 0 Å². The van der Waals surface area contributed by atoms with Gasteiger partial charge in [-0.1, -0.05) is 42.5 Å². The van der Waals surface area contributed by atoms with Crippen molar-refractivity contribution in [1.29, 1.82) is 0 Å². The fourth-order valence-electron chi connectivity index (χ4n) is 1.80. The molecule has 98 valence electrons. The molecule has 19 heavy (non-hydrogen) atoms. The molecule has 2 aromatic rings. The summed E-state index contributed by atoms with van der Waals surface area (Å²) in [5, 5.41) is 0. The molecule has 2 aromatic carbocycles. The SMILES string of the molecule is Cc1cccc(OC(C(=O)NN)c2ccccc2)c1. The van der Waals surface area contributed by atoms with Gasteiger partial charge >= 0.3 is 0 Å². The summed E-state index contributed by atoms with van der Waals surface area (Å²) in [6.45, 7) is 1.97. The predicted octanol–water partition coefficient (Wildman–Crippen LogP) is 2.11. The van der Waals surface area contributed by atoms with Gasteiger partial charge in [0.05, 0.1) is 0 Å². The molecular weight excluding hydrogens is 240 g/mol. The Morgan fingerprint density at radius 3 is 2.53 bits per heavy atom. The van der Waals surface area contributed by atoms with Crippen LogP contribution in [0.5, 0.6) is 5.75 Å². The van der Waals surface area contributed by atoms with Crippen LogP contribution in [0.1, 0.15) is 17.2 Å². The van der Waals surface area contributed by atoms with Crippen molar-refractivity contribution in [2.45, 2.75) is 13.0 Å². The van der Waals surface area contributed by atoms with Gasteiger partial charge in [-0.3, -0.25) is 10.2 Å². The van der Waals surface area contributed by atoms with E-state index in [0.29, 0.717) is 5.75 Å². The molecule has 0 bridgehead atoms. The molecule has 3 N–H and O–H groups in total. The second-order valence-electron chi connectivity index (χ2n) is 4.23. The van der Waals surface area contributed by atoms with Gasteiger partial charge in [-0.05, 0) is 24.6 Å². The Morgan fingerprint density at radius 2 is 1.89 bits per heavy atom. The predicted molar refractivity (Wildman–Crippen MR) is 73.3 cm³/mol. The fraction of sp³-hybridized carbons (Fsp3) is 0.133. The highest BCUT2D eigenvalue weighted by atomic mass is 16.5. The van der Waals surface area contributed by atoms with E-state index < -0.39 is 6.10 Å². The number of ether oxygens (including phenoxy) is 1. The fourth-order valence-corrected chi connectivity index (χ4v) is 1.80. The minimum absolute atomic E-state index is 0.382. The van der Waals surface area contributed by atoms with E-state index >= 15 is 0 Å². The lowest BCUT2D eigenvalue weighted by atomic mass is 10.1. The van der Waals surface area contributed by atoms with E-state index in [4.69, 9.17) is 10.6 Å². The number of aryl methyl sites for hydroxylation is 1. The third-order valence-electron chi connectivity index (χ3n) is 2.73. The third-order valence-corrected chi connectivity index (χ3v) is 2.73. The van der Waals surface area contributed by atoms with Gasteiger partial charge in [0.1, 0.15) is 5.75 Å². The van der Waals surface area contributed by atoms with Crippen LogP contribution >= 0.6 is 0 Å². The molecule has 2 rings (SSSR count). The van der Waals surface area contributed by atoms with Gasteiger partial charge < -0.3 is 4.74 Å². The quantitative estimate of drug-likeness (QED) is 0.500. The molecule has 0 fully saturated rings. The first-order valence-corrected chi connectivity index (χ1v) is 5.99. The van der Waals surface area contributed by atoms with E-state index in [9.17, 15) is 4.79 Å². The van der Waals surface area contributed by atoms with Crippen molar-refractivity contribution in [3.63, 3.8) is 0 Å². The summed E-state index contributed by atoms with van der Waals surface area (Å²) in [5.41, 5.74) is 3.96. The van der Waals surface area contributed by atoms with Crippen LogP contribution in [-0.4, -0.2) is 5.91 Å². The van der Waals surface area contributed by atoms with E-state index in [1.807, 2.05) is 61.5 Å². The summed E-state index contributed by atoms with van der Waals surface area (Å²) in [4.78, 5) is 11.8. The molecule has 1 amide bonds. The third kappa shape index (κ3) is 3.33. The molecule has 0 spiro atoms. The van der Waals surface area contributed by atoms with Crippen LogP contribution in [0.15, 0.2) is 54.6 Å². The number of hydrogen-bond acceptors (Lipinski definition) is 3. The van der Waals surface area contributed by atoms with Gasteiger partial charge in [-0.25, -0.2) is 5.84 Å². The van der Waals surface area contributed by atoms with E-state index in [0.717, 1.165) is 11.1 Å². The van der Waals surface area contributed by atoms with Crippen molar-refractivity contribution in [1.82, 2.24) is 5.43 Å². The summed E-state index contributed by atoms with van der Waals surface area (Å²) in [6, 6.07) is 16.8. The van der Waals surface area contributed by atoms with Crippen LogP contribution < -0.4 is 16.0 Å². The monoisotopic (exact) mass is 256 g/mol. The van der Waals surface area contributed by atoms with Crippen molar-refractivity contribution in [3.05, 3.63) is 65.7 Å². The number of benzene rings is 2. The summed E-state index contributed by atoms with van der Waals surface area (Å²) < 4.78 is 5.74. The molecule has 0 saturated carbocycles. The minimum Gasteiger partial charge on any atom is -0.476 e. The maximum Gasteiger partial charge on any atom is 0.279 e. The maximum atomic E-state index is 11.8. The van der Waals surface area contributed by atoms with Gasteiger partial charge in [0.2, 0.25) is 6.10 Å². The number of hydrogen-bond donors (Lipinski definition) is 2. The summed E-state index contributed by atoms with van der Waals surface area (Å²) in [6.07, 6.45) is -0.756. The zero-order valence-electron chi connectivity index (χ0n) is 10.7. The van der Waals surface area contributed by atoms with Gasteiger partial charge in [-0.2, -0.15) is 0 Å². The summed E-state index contributed by atoms with van der Waals surface area (Å²) >= 11 is 0. The first-order valence-electron chi connectivity index (χ1n) is 5.99. The average Bonchev–Trinajstić information content (AvgIpc) is 2.45. The number of rotatable bonds is 4. The van der Waals surface area contributed by atoms with E-state index in [1.54, 1.807) is 0 Å². The Morgan fingerprint density at radius 1 is 1.16 bits per heavy atom. The van der Waals surface area contributed by atoms with Crippen molar-refractivity contribution in [2.75, 3.05) is 0 Å². The van der Waals surface area contributed by atoms with Crippen LogP contribution in [0.4, 0.5) is 0 Å². The lowest BCUT2D eigenvalue weighted by Gasteiger charge is -2.18. The van der Waals surface area contributed by atoms with Crippen molar-refractivity contribution in [2.24, 2.45) is 5.84 Å². The standard InChI is InChI=1S/C15H16N2O2/c1-11-6-5-9-13(10-11)19-14(15(18)17-16)12-7-3-2-4-8-12/h2-10,14H,16H2,1H3,(H,17,18). The second-order valence-corrected chi connectivity index (χ2v) is 4.23. The van der Waals surface area contributed by atoms with Gasteiger partial charge in [-0.15, -0.1) is 0 Å². The molecule has 1 unspecified atom stereocenters. The summed E-state index contributed by atoms with van der Waals surface area (Å²) in [7, 11) is 0. The molecule has 0 aliphatic heterocycles. The largest absolute Gasteiger partial charge is 0.476 e. The van der Waals surface area contributed by atoms with Crippen LogP contribution in [0.2, 0.25) is 0 Å². The topological polar surface area (TPSA) is 64.3 Å². The zero-order chi connectivity index (χ0) is 13.7.